The molecular formula is C12H17NO2S. The first kappa shape index (κ1) is 11.6. The van der Waals surface area contributed by atoms with Gasteiger partial charge in [-0.1, -0.05) is 6.07 Å². The summed E-state index contributed by atoms with van der Waals surface area (Å²) in [5, 5.41) is 0. The van der Waals surface area contributed by atoms with Crippen LogP contribution in [0.2, 0.25) is 0 Å². The zero-order valence-corrected chi connectivity index (χ0v) is 10.3. The first-order valence-corrected chi connectivity index (χ1v) is 6.75. The Bertz CT molecular complexity index is 368. The highest BCUT2D eigenvalue weighted by molar-refractivity contribution is 7.98. The predicted octanol–water partition coefficient (Wildman–Crippen LogP) is 2.07. The highest BCUT2D eigenvalue weighted by atomic mass is 32.2. The van der Waals surface area contributed by atoms with E-state index in [2.05, 4.69) is 12.3 Å². The molecule has 1 aliphatic heterocycles. The van der Waals surface area contributed by atoms with Gasteiger partial charge in [0.1, 0.15) is 13.2 Å². The lowest BCUT2D eigenvalue weighted by atomic mass is 10.1. The zero-order chi connectivity index (χ0) is 11.4. The number of benzene rings is 1. The molecule has 0 spiro atoms. The van der Waals surface area contributed by atoms with E-state index >= 15 is 0 Å². The Labute approximate surface area is 100 Å². The Morgan fingerprint density at radius 1 is 1.31 bits per heavy atom. The predicted molar refractivity (Wildman–Crippen MR) is 66.6 cm³/mol. The number of ether oxygens (including phenoxy) is 2. The van der Waals surface area contributed by atoms with Crippen LogP contribution < -0.4 is 15.2 Å². The molecule has 0 fully saturated rings. The molecule has 0 aliphatic carbocycles. The third kappa shape index (κ3) is 2.28. The fourth-order valence-corrected chi connectivity index (χ4v) is 2.62. The standard InChI is InChI=1S/C12H17NO2S/c1-16-12-9(3-2-6-13)4-5-10-11(12)15-8-7-14-10/h4-5H,2-3,6-8,13H2,1H3. The Hall–Kier alpha value is -0.870. The van der Waals surface area contributed by atoms with E-state index in [1.54, 1.807) is 11.8 Å². The van der Waals surface area contributed by atoms with E-state index in [1.807, 2.05) is 6.07 Å². The lowest BCUT2D eigenvalue weighted by Gasteiger charge is -2.22. The Balaban J connectivity index is 2.31. The van der Waals surface area contributed by atoms with Crippen molar-refractivity contribution in [2.45, 2.75) is 17.7 Å². The Kier molecular flexibility index (Phi) is 3.96. The van der Waals surface area contributed by atoms with Gasteiger partial charge in [0.2, 0.25) is 0 Å². The number of hydrogen-bond acceptors (Lipinski definition) is 4. The fraction of sp³-hybridized carbons (Fsp3) is 0.500. The normalized spacial score (nSPS) is 13.9. The highest BCUT2D eigenvalue weighted by Gasteiger charge is 2.18. The van der Waals surface area contributed by atoms with Gasteiger partial charge in [-0.2, -0.15) is 0 Å². The molecule has 16 heavy (non-hydrogen) atoms. The third-order valence-electron chi connectivity index (χ3n) is 2.60. The van der Waals surface area contributed by atoms with Gasteiger partial charge in [0.05, 0.1) is 4.90 Å². The number of rotatable bonds is 4. The zero-order valence-electron chi connectivity index (χ0n) is 9.49. The number of aryl methyl sites for hydroxylation is 1. The maximum Gasteiger partial charge on any atom is 0.175 e. The molecule has 2 N–H and O–H groups in total. The number of fused-ring (bicyclic) bond motifs is 1. The molecule has 0 unspecified atom stereocenters. The molecular weight excluding hydrogens is 222 g/mol. The minimum absolute atomic E-state index is 0.640. The molecule has 0 saturated carbocycles. The van der Waals surface area contributed by atoms with Crippen molar-refractivity contribution in [1.82, 2.24) is 0 Å². The van der Waals surface area contributed by atoms with Gasteiger partial charge in [-0.3, -0.25) is 0 Å². The Morgan fingerprint density at radius 2 is 2.12 bits per heavy atom. The molecule has 0 aromatic heterocycles. The van der Waals surface area contributed by atoms with E-state index in [0.717, 1.165) is 30.9 Å². The summed E-state index contributed by atoms with van der Waals surface area (Å²) in [4.78, 5) is 1.20. The van der Waals surface area contributed by atoms with E-state index in [0.29, 0.717) is 13.2 Å². The first-order valence-electron chi connectivity index (χ1n) is 5.52. The van der Waals surface area contributed by atoms with Crippen molar-refractivity contribution in [1.29, 1.82) is 0 Å². The van der Waals surface area contributed by atoms with Crippen LogP contribution in [0.5, 0.6) is 11.5 Å². The van der Waals surface area contributed by atoms with Gasteiger partial charge in [-0.15, -0.1) is 11.8 Å². The van der Waals surface area contributed by atoms with E-state index in [1.165, 1.54) is 10.5 Å². The van der Waals surface area contributed by atoms with Crippen LogP contribution in [0.3, 0.4) is 0 Å². The van der Waals surface area contributed by atoms with Crippen LogP contribution in [0.25, 0.3) is 0 Å². The van der Waals surface area contributed by atoms with Gasteiger partial charge < -0.3 is 15.2 Å². The van der Waals surface area contributed by atoms with Gasteiger partial charge in [0.15, 0.2) is 11.5 Å². The molecule has 3 nitrogen and oxygen atoms in total. The van der Waals surface area contributed by atoms with Crippen LogP contribution >= 0.6 is 11.8 Å². The Morgan fingerprint density at radius 3 is 2.88 bits per heavy atom. The average Bonchev–Trinajstić information content (AvgIpc) is 2.35. The van der Waals surface area contributed by atoms with E-state index in [9.17, 15) is 0 Å². The molecule has 1 aromatic rings. The molecule has 1 aliphatic rings. The summed E-state index contributed by atoms with van der Waals surface area (Å²) in [6.07, 6.45) is 4.08. The quantitative estimate of drug-likeness (QED) is 0.817. The molecule has 1 heterocycles. The maximum atomic E-state index is 5.69. The summed E-state index contributed by atoms with van der Waals surface area (Å²) in [6, 6.07) is 4.12. The molecule has 0 saturated heterocycles. The van der Waals surface area contributed by atoms with Crippen LogP contribution in [-0.2, 0) is 6.42 Å². The maximum absolute atomic E-state index is 5.69. The molecule has 0 bridgehead atoms. The number of hydrogen-bond donors (Lipinski definition) is 1. The smallest absolute Gasteiger partial charge is 0.175 e. The first-order chi connectivity index (χ1) is 7.86. The van der Waals surface area contributed by atoms with Gasteiger partial charge in [0, 0.05) is 0 Å². The molecule has 0 atom stereocenters. The fourth-order valence-electron chi connectivity index (χ4n) is 1.84. The van der Waals surface area contributed by atoms with Crippen LogP contribution in [-0.4, -0.2) is 26.0 Å². The van der Waals surface area contributed by atoms with Crippen molar-refractivity contribution in [2.75, 3.05) is 26.0 Å². The van der Waals surface area contributed by atoms with Crippen molar-refractivity contribution in [2.24, 2.45) is 5.73 Å². The molecule has 0 amide bonds. The van der Waals surface area contributed by atoms with Crippen molar-refractivity contribution in [3.8, 4) is 11.5 Å². The van der Waals surface area contributed by atoms with E-state index in [-0.39, 0.29) is 0 Å². The van der Waals surface area contributed by atoms with Crippen LogP contribution in [0.15, 0.2) is 17.0 Å². The molecule has 1 aromatic carbocycles. The van der Waals surface area contributed by atoms with Crippen LogP contribution in [0.4, 0.5) is 0 Å². The summed E-state index contributed by atoms with van der Waals surface area (Å²) in [5.74, 6) is 1.78. The monoisotopic (exact) mass is 239 g/mol. The molecule has 2 rings (SSSR count). The highest BCUT2D eigenvalue weighted by Crippen LogP contribution is 2.41. The largest absolute Gasteiger partial charge is 0.486 e. The van der Waals surface area contributed by atoms with Gasteiger partial charge in [-0.25, -0.2) is 0 Å². The summed E-state index contributed by atoms with van der Waals surface area (Å²) >= 11 is 1.71. The third-order valence-corrected chi connectivity index (χ3v) is 3.46. The van der Waals surface area contributed by atoms with Gasteiger partial charge in [0.25, 0.3) is 0 Å². The number of nitrogens with two attached hydrogens (primary N) is 1. The minimum atomic E-state index is 0.640. The lowest BCUT2D eigenvalue weighted by Crippen LogP contribution is -2.16. The molecule has 4 heteroatoms. The second kappa shape index (κ2) is 5.46. The molecule has 0 radical (unpaired) electrons. The van der Waals surface area contributed by atoms with Crippen molar-refractivity contribution >= 4 is 11.8 Å². The summed E-state index contributed by atoms with van der Waals surface area (Å²) in [6.45, 7) is 2.01. The summed E-state index contributed by atoms with van der Waals surface area (Å²) in [5.41, 5.74) is 6.85. The van der Waals surface area contributed by atoms with Crippen LogP contribution in [0, 0.1) is 0 Å². The van der Waals surface area contributed by atoms with Crippen molar-refractivity contribution in [3.05, 3.63) is 17.7 Å². The molecule has 88 valence electrons. The lowest BCUT2D eigenvalue weighted by molar-refractivity contribution is 0.167. The van der Waals surface area contributed by atoms with E-state index < -0.39 is 0 Å². The summed E-state index contributed by atoms with van der Waals surface area (Å²) in [7, 11) is 0. The van der Waals surface area contributed by atoms with Crippen molar-refractivity contribution in [3.63, 3.8) is 0 Å². The SMILES string of the molecule is CSc1c(CCCN)ccc2c1OCCO2. The van der Waals surface area contributed by atoms with Gasteiger partial charge in [-0.05, 0) is 37.3 Å². The van der Waals surface area contributed by atoms with Crippen LogP contribution in [0.1, 0.15) is 12.0 Å². The minimum Gasteiger partial charge on any atom is -0.486 e. The second-order valence-corrected chi connectivity index (χ2v) is 4.49. The summed E-state index contributed by atoms with van der Waals surface area (Å²) < 4.78 is 11.3. The average molecular weight is 239 g/mol. The number of thioether (sulfide) groups is 1. The van der Waals surface area contributed by atoms with Crippen molar-refractivity contribution < 1.29 is 9.47 Å². The van der Waals surface area contributed by atoms with Gasteiger partial charge >= 0.3 is 0 Å². The second-order valence-electron chi connectivity index (χ2n) is 3.67. The topological polar surface area (TPSA) is 44.5 Å². The van der Waals surface area contributed by atoms with E-state index in [4.69, 9.17) is 15.2 Å².